The Balaban J connectivity index is 1.74. The van der Waals surface area contributed by atoms with E-state index in [1.807, 2.05) is 0 Å². The van der Waals surface area contributed by atoms with E-state index in [9.17, 15) is 0 Å². The van der Waals surface area contributed by atoms with Gasteiger partial charge in [0.25, 0.3) is 0 Å². The lowest BCUT2D eigenvalue weighted by molar-refractivity contribution is 0.0714. The number of hydrogen-bond acceptors (Lipinski definition) is 1. The van der Waals surface area contributed by atoms with Gasteiger partial charge in [-0.1, -0.05) is 99.1 Å². The molecular weight excluding hydrogens is 476 g/mol. The van der Waals surface area contributed by atoms with E-state index in [2.05, 4.69) is 101 Å². The van der Waals surface area contributed by atoms with E-state index < -0.39 is 8.32 Å². The zero-order valence-electron chi connectivity index (χ0n) is 27.6. The van der Waals surface area contributed by atoms with Gasteiger partial charge < -0.3 is 4.43 Å². The van der Waals surface area contributed by atoms with Crippen LogP contribution in [-0.2, 0) is 4.43 Å². The van der Waals surface area contributed by atoms with E-state index in [1.54, 1.807) is 11.1 Å². The van der Waals surface area contributed by atoms with Crippen molar-refractivity contribution < 1.29 is 4.43 Å². The van der Waals surface area contributed by atoms with Crippen LogP contribution >= 0.6 is 0 Å². The molecule has 0 heterocycles. The van der Waals surface area contributed by atoms with Crippen LogP contribution in [0.3, 0.4) is 0 Å². The van der Waals surface area contributed by atoms with E-state index in [0.29, 0.717) is 16.7 Å². The standard InChI is InChI=1S/C36H64OSi/c1-25(20-22-34(5,6)7)27(3)31-18-19-32-30(15-14-21-36(31,32)11)17-16-29-23-26(2)28(4)33(24-29)37-38(12,13)35(8,9)10/h16-17,25-27,31-33H,4,14-15,18-24H2,1-3,5-13H3/b29-16-,30-17+/t25-,26+,27-,31?,32?,33+,36+/m0/s1. The Labute approximate surface area is 239 Å². The molecule has 0 bridgehead atoms. The summed E-state index contributed by atoms with van der Waals surface area (Å²) in [7, 11) is -1.82. The van der Waals surface area contributed by atoms with Crippen LogP contribution in [-0.4, -0.2) is 14.4 Å². The summed E-state index contributed by atoms with van der Waals surface area (Å²) in [6.45, 7) is 33.6. The van der Waals surface area contributed by atoms with Crippen LogP contribution in [0.25, 0.3) is 0 Å². The van der Waals surface area contributed by atoms with E-state index in [0.717, 1.165) is 36.5 Å². The molecule has 3 aliphatic rings. The highest BCUT2D eigenvalue weighted by molar-refractivity contribution is 6.74. The van der Waals surface area contributed by atoms with Crippen LogP contribution in [0.2, 0.25) is 18.1 Å². The van der Waals surface area contributed by atoms with Gasteiger partial charge in [-0.05, 0) is 122 Å². The third kappa shape index (κ3) is 7.18. The summed E-state index contributed by atoms with van der Waals surface area (Å²) in [5, 5.41) is 0.229. The molecule has 0 radical (unpaired) electrons. The van der Waals surface area contributed by atoms with Crippen LogP contribution in [0, 0.1) is 40.4 Å². The Bertz CT molecular complexity index is 893. The molecule has 0 aromatic rings. The Hall–Kier alpha value is -0.603. The summed E-state index contributed by atoms with van der Waals surface area (Å²) in [4.78, 5) is 0. The Morgan fingerprint density at radius 3 is 2.32 bits per heavy atom. The zero-order chi connectivity index (χ0) is 28.7. The molecule has 0 aromatic carbocycles. The van der Waals surface area contributed by atoms with Crippen molar-refractivity contribution in [3.63, 3.8) is 0 Å². The van der Waals surface area contributed by atoms with Gasteiger partial charge in [0.2, 0.25) is 0 Å². The van der Waals surface area contributed by atoms with Gasteiger partial charge in [-0.25, -0.2) is 0 Å². The van der Waals surface area contributed by atoms with Crippen molar-refractivity contribution >= 4 is 8.32 Å². The molecule has 0 spiro atoms. The van der Waals surface area contributed by atoms with Crippen molar-refractivity contribution in [2.24, 2.45) is 40.4 Å². The lowest BCUT2D eigenvalue weighted by Crippen LogP contribution is -2.45. The monoisotopic (exact) mass is 540 g/mol. The quantitative estimate of drug-likeness (QED) is 0.230. The van der Waals surface area contributed by atoms with Gasteiger partial charge in [-0.3, -0.25) is 0 Å². The molecule has 218 valence electrons. The van der Waals surface area contributed by atoms with Crippen molar-refractivity contribution in [3.8, 4) is 0 Å². The normalized spacial score (nSPS) is 35.0. The molecule has 1 nitrogen and oxygen atoms in total. The average molecular weight is 541 g/mol. The Morgan fingerprint density at radius 1 is 1.05 bits per heavy atom. The summed E-state index contributed by atoms with van der Waals surface area (Å²) in [6.07, 6.45) is 17.1. The van der Waals surface area contributed by atoms with Crippen LogP contribution in [0.4, 0.5) is 0 Å². The summed E-state index contributed by atoms with van der Waals surface area (Å²) >= 11 is 0. The summed E-state index contributed by atoms with van der Waals surface area (Å²) in [5.41, 5.74) is 5.58. The van der Waals surface area contributed by atoms with Gasteiger partial charge in [-0.2, -0.15) is 0 Å². The van der Waals surface area contributed by atoms with Gasteiger partial charge in [-0.15, -0.1) is 0 Å². The molecular formula is C36H64OSi. The third-order valence-corrected chi connectivity index (χ3v) is 16.2. The van der Waals surface area contributed by atoms with E-state index in [-0.39, 0.29) is 11.1 Å². The molecule has 3 aliphatic carbocycles. The minimum absolute atomic E-state index is 0.187. The van der Waals surface area contributed by atoms with Crippen molar-refractivity contribution in [3.05, 3.63) is 35.5 Å². The average Bonchev–Trinajstić information content (AvgIpc) is 3.14. The second kappa shape index (κ2) is 11.7. The van der Waals surface area contributed by atoms with E-state index in [1.165, 1.54) is 50.5 Å². The highest BCUT2D eigenvalue weighted by atomic mass is 28.4. The fraction of sp³-hybridized carbons (Fsp3) is 0.833. The maximum Gasteiger partial charge on any atom is 0.192 e. The zero-order valence-corrected chi connectivity index (χ0v) is 28.6. The summed E-state index contributed by atoms with van der Waals surface area (Å²) in [5.74, 6) is 3.81. The highest BCUT2D eigenvalue weighted by Crippen LogP contribution is 2.60. The predicted molar refractivity (Wildman–Crippen MR) is 171 cm³/mol. The molecule has 7 atom stereocenters. The van der Waals surface area contributed by atoms with Crippen LogP contribution in [0.1, 0.15) is 127 Å². The SMILES string of the molecule is C=C1[C@H](C)C/C(=C/C=C2\CCC[C@@]3(C)C2CCC3[C@@H](C)[C@@H](C)CCC(C)(C)C)C[C@H]1O[Si](C)(C)C(C)(C)C. The molecule has 38 heavy (non-hydrogen) atoms. The van der Waals surface area contributed by atoms with Gasteiger partial charge in [0, 0.05) is 0 Å². The van der Waals surface area contributed by atoms with Gasteiger partial charge >= 0.3 is 0 Å². The van der Waals surface area contributed by atoms with Gasteiger partial charge in [0.1, 0.15) is 0 Å². The fourth-order valence-electron chi connectivity index (χ4n) is 7.77. The third-order valence-electron chi connectivity index (χ3n) is 11.8. The lowest BCUT2D eigenvalue weighted by atomic mass is 9.59. The number of fused-ring (bicyclic) bond motifs is 1. The van der Waals surface area contributed by atoms with Crippen LogP contribution in [0.5, 0.6) is 0 Å². The number of rotatable bonds is 7. The minimum atomic E-state index is -1.82. The second-order valence-corrected chi connectivity index (χ2v) is 21.6. The second-order valence-electron chi connectivity index (χ2n) is 16.8. The molecule has 2 heteroatoms. The van der Waals surface area contributed by atoms with Crippen LogP contribution in [0.15, 0.2) is 35.5 Å². The molecule has 0 saturated heterocycles. The fourth-order valence-corrected chi connectivity index (χ4v) is 9.07. The highest BCUT2D eigenvalue weighted by Gasteiger charge is 2.51. The van der Waals surface area contributed by atoms with E-state index >= 15 is 0 Å². The largest absolute Gasteiger partial charge is 0.410 e. The van der Waals surface area contributed by atoms with Gasteiger partial charge in [0.05, 0.1) is 6.10 Å². The van der Waals surface area contributed by atoms with Crippen molar-refractivity contribution in [1.82, 2.24) is 0 Å². The van der Waals surface area contributed by atoms with Gasteiger partial charge in [0.15, 0.2) is 8.32 Å². The number of hydrogen-bond donors (Lipinski definition) is 0. The summed E-state index contributed by atoms with van der Waals surface area (Å²) in [6, 6.07) is 0. The molecule has 3 rings (SSSR count). The van der Waals surface area contributed by atoms with E-state index in [4.69, 9.17) is 4.43 Å². The van der Waals surface area contributed by atoms with Crippen molar-refractivity contribution in [2.75, 3.05) is 0 Å². The van der Waals surface area contributed by atoms with Crippen molar-refractivity contribution in [2.45, 2.75) is 151 Å². The van der Waals surface area contributed by atoms with Crippen LogP contribution < -0.4 is 0 Å². The predicted octanol–water partition coefficient (Wildman–Crippen LogP) is 11.5. The topological polar surface area (TPSA) is 9.23 Å². The molecule has 2 unspecified atom stereocenters. The first-order chi connectivity index (χ1) is 17.4. The smallest absolute Gasteiger partial charge is 0.192 e. The molecule has 0 amide bonds. The minimum Gasteiger partial charge on any atom is -0.410 e. The van der Waals surface area contributed by atoms with Crippen molar-refractivity contribution in [1.29, 1.82) is 0 Å². The molecule has 3 saturated carbocycles. The lowest BCUT2D eigenvalue weighted by Gasteiger charge is -2.45. The molecule has 0 aliphatic heterocycles. The first kappa shape index (κ1) is 31.9. The molecule has 0 N–H and O–H groups in total. The number of allylic oxidation sites excluding steroid dienone is 3. The molecule has 0 aromatic heterocycles. The Kier molecular flexibility index (Phi) is 9.84. The maximum absolute atomic E-state index is 6.91. The first-order valence-corrected chi connectivity index (χ1v) is 19.0. The molecule has 3 fully saturated rings. The maximum atomic E-state index is 6.91. The Morgan fingerprint density at radius 2 is 1.71 bits per heavy atom. The summed E-state index contributed by atoms with van der Waals surface area (Å²) < 4.78 is 6.91. The first-order valence-electron chi connectivity index (χ1n) is 16.1.